The number of esters is 1. The zero-order chi connectivity index (χ0) is 17.6. The third kappa shape index (κ3) is 4.90. The lowest BCUT2D eigenvalue weighted by atomic mass is 10.2. The zero-order valence-corrected chi connectivity index (χ0v) is 15.6. The van der Waals surface area contributed by atoms with Gasteiger partial charge in [0.2, 0.25) is 10.0 Å². The highest BCUT2D eigenvalue weighted by molar-refractivity contribution is 9.10. The maximum absolute atomic E-state index is 12.9. The van der Waals surface area contributed by atoms with Crippen molar-refractivity contribution in [3.05, 3.63) is 64.6 Å². The molecule has 0 aliphatic heterocycles. The third-order valence-corrected chi connectivity index (χ3v) is 5.53. The van der Waals surface area contributed by atoms with E-state index in [0.29, 0.717) is 4.47 Å². The first-order valence-electron chi connectivity index (χ1n) is 7.38. The molecule has 2 aromatic rings. The monoisotopic (exact) mass is 411 g/mol. The molecule has 0 aliphatic rings. The van der Waals surface area contributed by atoms with E-state index in [4.69, 9.17) is 4.74 Å². The Morgan fingerprint density at radius 1 is 1.12 bits per heavy atom. The van der Waals surface area contributed by atoms with Crippen LogP contribution in [0.1, 0.15) is 12.5 Å². The third-order valence-electron chi connectivity index (χ3n) is 3.25. The minimum atomic E-state index is -3.83. The first-order valence-corrected chi connectivity index (χ1v) is 9.62. The lowest BCUT2D eigenvalue weighted by Gasteiger charge is -2.21. The number of carbonyl (C=O) groups excluding carboxylic acids is 1. The van der Waals surface area contributed by atoms with Crippen molar-refractivity contribution in [1.29, 1.82) is 0 Å². The number of halogens is 1. The van der Waals surface area contributed by atoms with Gasteiger partial charge in [0.15, 0.2) is 0 Å². The van der Waals surface area contributed by atoms with Gasteiger partial charge in [0.25, 0.3) is 0 Å². The predicted octanol–water partition coefficient (Wildman–Crippen LogP) is 3.20. The number of carbonyl (C=O) groups is 1. The summed E-state index contributed by atoms with van der Waals surface area (Å²) >= 11 is 3.27. The van der Waals surface area contributed by atoms with E-state index in [1.165, 1.54) is 12.1 Å². The summed E-state index contributed by atoms with van der Waals surface area (Å²) in [5, 5.41) is 0. The van der Waals surface area contributed by atoms with Crippen LogP contribution in [0.4, 0.5) is 0 Å². The fourth-order valence-electron chi connectivity index (χ4n) is 2.14. The average molecular weight is 412 g/mol. The molecule has 0 radical (unpaired) electrons. The van der Waals surface area contributed by atoms with Crippen LogP contribution < -0.4 is 0 Å². The van der Waals surface area contributed by atoms with Crippen molar-refractivity contribution in [2.45, 2.75) is 18.4 Å². The van der Waals surface area contributed by atoms with Crippen LogP contribution in [0.25, 0.3) is 0 Å². The van der Waals surface area contributed by atoms with Gasteiger partial charge < -0.3 is 4.74 Å². The van der Waals surface area contributed by atoms with E-state index < -0.39 is 16.0 Å². The second-order valence-corrected chi connectivity index (χ2v) is 7.87. The molecule has 2 aromatic carbocycles. The normalized spacial score (nSPS) is 11.5. The number of hydrogen-bond donors (Lipinski definition) is 0. The Morgan fingerprint density at radius 3 is 2.46 bits per heavy atom. The number of sulfonamides is 1. The van der Waals surface area contributed by atoms with Gasteiger partial charge in [-0.15, -0.1) is 0 Å². The first-order chi connectivity index (χ1) is 11.4. The molecule has 0 unspecified atom stereocenters. The summed E-state index contributed by atoms with van der Waals surface area (Å²) in [6.07, 6.45) is 0. The van der Waals surface area contributed by atoms with E-state index >= 15 is 0 Å². The Labute approximate surface area is 150 Å². The quantitative estimate of drug-likeness (QED) is 0.656. The molecule has 0 saturated heterocycles. The van der Waals surface area contributed by atoms with Crippen molar-refractivity contribution >= 4 is 31.9 Å². The number of hydrogen-bond acceptors (Lipinski definition) is 4. The van der Waals surface area contributed by atoms with E-state index in [1.54, 1.807) is 19.1 Å². The Morgan fingerprint density at radius 2 is 1.83 bits per heavy atom. The highest BCUT2D eigenvalue weighted by Crippen LogP contribution is 2.21. The smallest absolute Gasteiger partial charge is 0.321 e. The topological polar surface area (TPSA) is 63.7 Å². The van der Waals surface area contributed by atoms with Crippen LogP contribution in [-0.2, 0) is 26.1 Å². The van der Waals surface area contributed by atoms with Gasteiger partial charge in [0.1, 0.15) is 6.54 Å². The molecule has 0 aromatic heterocycles. The van der Waals surface area contributed by atoms with E-state index in [2.05, 4.69) is 15.9 Å². The minimum absolute atomic E-state index is 0.0918. The average Bonchev–Trinajstić information content (AvgIpc) is 2.55. The number of nitrogens with zero attached hydrogens (tertiary/aromatic N) is 1. The number of ether oxygens (including phenoxy) is 1. The number of rotatable bonds is 7. The van der Waals surface area contributed by atoms with Crippen LogP contribution in [0.3, 0.4) is 0 Å². The van der Waals surface area contributed by atoms with Gasteiger partial charge in [-0.05, 0) is 30.7 Å². The molecule has 7 heteroatoms. The summed E-state index contributed by atoms with van der Waals surface area (Å²) in [6, 6.07) is 15.5. The van der Waals surface area contributed by atoms with Crippen LogP contribution in [-0.4, -0.2) is 31.8 Å². The van der Waals surface area contributed by atoms with Crippen molar-refractivity contribution in [2.24, 2.45) is 0 Å². The molecule has 0 bridgehead atoms. The highest BCUT2D eigenvalue weighted by atomic mass is 79.9. The van der Waals surface area contributed by atoms with Gasteiger partial charge in [-0.3, -0.25) is 4.79 Å². The molecule has 0 atom stereocenters. The summed E-state index contributed by atoms with van der Waals surface area (Å²) < 4.78 is 32.5. The summed E-state index contributed by atoms with van der Waals surface area (Å²) in [4.78, 5) is 12.0. The molecular weight excluding hydrogens is 394 g/mol. The van der Waals surface area contributed by atoms with Crippen molar-refractivity contribution in [3.63, 3.8) is 0 Å². The maximum Gasteiger partial charge on any atom is 0.321 e. The molecule has 0 saturated carbocycles. The van der Waals surface area contributed by atoms with E-state index in [-0.39, 0.29) is 24.6 Å². The molecule has 5 nitrogen and oxygen atoms in total. The van der Waals surface area contributed by atoms with Gasteiger partial charge in [0, 0.05) is 11.0 Å². The van der Waals surface area contributed by atoms with Gasteiger partial charge in [-0.25, -0.2) is 8.42 Å². The molecule has 128 valence electrons. The Balaban J connectivity index is 2.34. The molecule has 0 N–H and O–H groups in total. The maximum atomic E-state index is 12.9. The molecule has 0 amide bonds. The Kier molecular flexibility index (Phi) is 6.53. The Bertz CT molecular complexity index is 793. The van der Waals surface area contributed by atoms with Crippen LogP contribution in [0.5, 0.6) is 0 Å². The molecule has 2 rings (SSSR count). The second kappa shape index (κ2) is 8.41. The van der Waals surface area contributed by atoms with Crippen LogP contribution in [0.2, 0.25) is 0 Å². The zero-order valence-electron chi connectivity index (χ0n) is 13.2. The molecule has 24 heavy (non-hydrogen) atoms. The largest absolute Gasteiger partial charge is 0.465 e. The summed E-state index contributed by atoms with van der Waals surface area (Å²) in [5.74, 6) is -0.577. The van der Waals surface area contributed by atoms with Gasteiger partial charge in [0.05, 0.1) is 11.5 Å². The summed E-state index contributed by atoms with van der Waals surface area (Å²) in [7, 11) is -3.83. The predicted molar refractivity (Wildman–Crippen MR) is 94.8 cm³/mol. The first kappa shape index (κ1) is 18.6. The van der Waals surface area contributed by atoms with Crippen molar-refractivity contribution in [1.82, 2.24) is 4.31 Å². The lowest BCUT2D eigenvalue weighted by Crippen LogP contribution is -2.36. The molecule has 0 heterocycles. The van der Waals surface area contributed by atoms with E-state index in [0.717, 1.165) is 9.87 Å². The van der Waals surface area contributed by atoms with Gasteiger partial charge in [-0.1, -0.05) is 52.3 Å². The van der Waals surface area contributed by atoms with E-state index in [9.17, 15) is 13.2 Å². The van der Waals surface area contributed by atoms with Crippen LogP contribution in [0.15, 0.2) is 64.0 Å². The fraction of sp³-hybridized carbons (Fsp3) is 0.235. The van der Waals surface area contributed by atoms with Crippen molar-refractivity contribution in [2.75, 3.05) is 13.2 Å². The molecule has 0 aliphatic carbocycles. The Hall–Kier alpha value is -1.70. The van der Waals surface area contributed by atoms with Crippen LogP contribution >= 0.6 is 15.9 Å². The van der Waals surface area contributed by atoms with E-state index in [1.807, 2.05) is 30.3 Å². The van der Waals surface area contributed by atoms with Gasteiger partial charge >= 0.3 is 5.97 Å². The molecule has 0 fully saturated rings. The standard InChI is InChI=1S/C17H18BrNO4S/c1-2-23-17(20)13-19(12-14-7-4-3-5-8-14)24(21,22)16-10-6-9-15(18)11-16/h3-11H,2,12-13H2,1H3. The van der Waals surface area contributed by atoms with Crippen molar-refractivity contribution in [3.8, 4) is 0 Å². The lowest BCUT2D eigenvalue weighted by molar-refractivity contribution is -0.143. The van der Waals surface area contributed by atoms with Crippen molar-refractivity contribution < 1.29 is 17.9 Å². The summed E-state index contributed by atoms with van der Waals surface area (Å²) in [6.45, 7) is 1.64. The fourth-order valence-corrected chi connectivity index (χ4v) is 4.11. The van der Waals surface area contributed by atoms with Gasteiger partial charge in [-0.2, -0.15) is 4.31 Å². The molecule has 0 spiro atoms. The minimum Gasteiger partial charge on any atom is -0.465 e. The molecular formula is C17H18BrNO4S. The van der Waals surface area contributed by atoms with Crippen LogP contribution in [0, 0.1) is 0 Å². The SMILES string of the molecule is CCOC(=O)CN(Cc1ccccc1)S(=O)(=O)c1cccc(Br)c1. The number of benzene rings is 2. The summed E-state index contributed by atoms with van der Waals surface area (Å²) in [5.41, 5.74) is 0.792. The highest BCUT2D eigenvalue weighted by Gasteiger charge is 2.27. The second-order valence-electron chi connectivity index (χ2n) is 5.02.